The number of sulfonamides is 1. The van der Waals surface area contributed by atoms with Crippen LogP contribution in [0.2, 0.25) is 0 Å². The second-order valence-corrected chi connectivity index (χ2v) is 8.11. The third-order valence-corrected chi connectivity index (χ3v) is 6.61. The van der Waals surface area contributed by atoms with E-state index >= 15 is 0 Å². The zero-order chi connectivity index (χ0) is 15.5. The van der Waals surface area contributed by atoms with Crippen LogP contribution in [0.3, 0.4) is 0 Å². The highest BCUT2D eigenvalue weighted by molar-refractivity contribution is 7.99. The predicted molar refractivity (Wildman–Crippen MR) is 84.2 cm³/mol. The van der Waals surface area contributed by atoms with E-state index in [9.17, 15) is 12.8 Å². The predicted octanol–water partition coefficient (Wildman–Crippen LogP) is 2.24. The molecule has 1 fully saturated rings. The van der Waals surface area contributed by atoms with Crippen LogP contribution in [-0.2, 0) is 16.6 Å². The highest BCUT2D eigenvalue weighted by Gasteiger charge is 2.26. The lowest BCUT2D eigenvalue weighted by Gasteiger charge is -2.28. The number of benzene rings is 1. The number of nitrogens with two attached hydrogens (primary N) is 1. The lowest BCUT2D eigenvalue weighted by atomic mass is 9.96. The summed E-state index contributed by atoms with van der Waals surface area (Å²) in [4.78, 5) is -0.0445. The second-order valence-electron chi connectivity index (χ2n) is 5.29. The van der Waals surface area contributed by atoms with Crippen molar-refractivity contribution >= 4 is 21.8 Å². The van der Waals surface area contributed by atoms with Gasteiger partial charge in [-0.3, -0.25) is 0 Å². The molecule has 1 aromatic carbocycles. The van der Waals surface area contributed by atoms with E-state index in [1.807, 2.05) is 11.8 Å². The molecule has 0 radical (unpaired) electrons. The number of hydrogen-bond donors (Lipinski definition) is 2. The van der Waals surface area contributed by atoms with Crippen molar-refractivity contribution in [3.8, 4) is 0 Å². The molecule has 1 aliphatic rings. The molecule has 0 heterocycles. The van der Waals surface area contributed by atoms with Crippen molar-refractivity contribution in [2.24, 2.45) is 5.73 Å². The lowest BCUT2D eigenvalue weighted by molar-refractivity contribution is 0.419. The van der Waals surface area contributed by atoms with Crippen molar-refractivity contribution in [3.05, 3.63) is 29.6 Å². The van der Waals surface area contributed by atoms with E-state index in [2.05, 4.69) is 11.0 Å². The van der Waals surface area contributed by atoms with Gasteiger partial charge in [0.05, 0.1) is 4.90 Å². The number of rotatable bonds is 5. The average Bonchev–Trinajstić information content (AvgIpc) is 2.47. The van der Waals surface area contributed by atoms with Crippen molar-refractivity contribution in [1.29, 1.82) is 0 Å². The standard InChI is InChI=1S/C14H21FN2O2S2/c1-20-13-6-4-12(5-7-13)17-21(18,19)14-8-11(15)3-2-10(14)9-16/h2-3,8,12-13,17H,4-7,9,16H2,1H3. The average molecular weight is 332 g/mol. The van der Waals surface area contributed by atoms with Gasteiger partial charge in [-0.05, 0) is 49.6 Å². The summed E-state index contributed by atoms with van der Waals surface area (Å²) in [5, 5.41) is 0.611. The van der Waals surface area contributed by atoms with E-state index in [-0.39, 0.29) is 17.5 Å². The van der Waals surface area contributed by atoms with Crippen LogP contribution in [0.1, 0.15) is 31.2 Å². The van der Waals surface area contributed by atoms with E-state index in [0.29, 0.717) is 10.8 Å². The van der Waals surface area contributed by atoms with Gasteiger partial charge in [0.15, 0.2) is 0 Å². The summed E-state index contributed by atoms with van der Waals surface area (Å²) in [5.74, 6) is -0.571. The van der Waals surface area contributed by atoms with Crippen LogP contribution in [0.15, 0.2) is 23.1 Å². The summed E-state index contributed by atoms with van der Waals surface area (Å²) >= 11 is 1.83. The number of hydrogen-bond acceptors (Lipinski definition) is 4. The van der Waals surface area contributed by atoms with Gasteiger partial charge in [-0.2, -0.15) is 11.8 Å². The van der Waals surface area contributed by atoms with Gasteiger partial charge in [0, 0.05) is 17.8 Å². The first-order valence-electron chi connectivity index (χ1n) is 7.00. The Bertz CT molecular complexity index is 585. The zero-order valence-electron chi connectivity index (χ0n) is 12.0. The van der Waals surface area contributed by atoms with Crippen molar-refractivity contribution in [2.45, 2.75) is 48.4 Å². The van der Waals surface area contributed by atoms with Gasteiger partial charge in [-0.25, -0.2) is 17.5 Å². The molecule has 1 saturated carbocycles. The molecular weight excluding hydrogens is 311 g/mol. The molecular formula is C14H21FN2O2S2. The molecule has 1 aliphatic carbocycles. The molecule has 0 amide bonds. The van der Waals surface area contributed by atoms with Crippen molar-refractivity contribution in [1.82, 2.24) is 4.72 Å². The Kier molecular flexibility index (Phi) is 5.65. The van der Waals surface area contributed by atoms with E-state index in [1.165, 1.54) is 12.1 Å². The largest absolute Gasteiger partial charge is 0.326 e. The van der Waals surface area contributed by atoms with E-state index < -0.39 is 15.8 Å². The summed E-state index contributed by atoms with van der Waals surface area (Å²) in [6, 6.07) is 3.62. The molecule has 118 valence electrons. The van der Waals surface area contributed by atoms with Gasteiger partial charge in [-0.15, -0.1) is 0 Å². The minimum atomic E-state index is -3.73. The van der Waals surface area contributed by atoms with Gasteiger partial charge < -0.3 is 5.73 Å². The molecule has 4 nitrogen and oxygen atoms in total. The van der Waals surface area contributed by atoms with Crippen LogP contribution >= 0.6 is 11.8 Å². The Balaban J connectivity index is 2.14. The van der Waals surface area contributed by atoms with Gasteiger partial charge >= 0.3 is 0 Å². The second kappa shape index (κ2) is 7.09. The Labute approximate surface area is 129 Å². The fourth-order valence-corrected chi connectivity index (χ4v) is 4.96. The molecule has 3 N–H and O–H groups in total. The number of thioether (sulfide) groups is 1. The summed E-state index contributed by atoms with van der Waals surface area (Å²) in [7, 11) is -3.73. The lowest BCUT2D eigenvalue weighted by Crippen LogP contribution is -2.38. The minimum absolute atomic E-state index is 0.0445. The van der Waals surface area contributed by atoms with Crippen molar-refractivity contribution < 1.29 is 12.8 Å². The summed E-state index contributed by atoms with van der Waals surface area (Å²) in [6.07, 6.45) is 5.72. The van der Waals surface area contributed by atoms with Crippen molar-refractivity contribution in [3.63, 3.8) is 0 Å². The Hall–Kier alpha value is -0.630. The first-order valence-corrected chi connectivity index (χ1v) is 9.77. The quantitative estimate of drug-likeness (QED) is 0.867. The molecule has 0 saturated heterocycles. The van der Waals surface area contributed by atoms with Crippen LogP contribution in [0.5, 0.6) is 0 Å². The van der Waals surface area contributed by atoms with Gasteiger partial charge in [0.2, 0.25) is 10.0 Å². The maximum atomic E-state index is 13.4. The van der Waals surface area contributed by atoms with Crippen LogP contribution in [0, 0.1) is 5.82 Å². The van der Waals surface area contributed by atoms with Gasteiger partial charge in [0.25, 0.3) is 0 Å². The molecule has 1 aromatic rings. The number of nitrogens with one attached hydrogen (secondary N) is 1. The minimum Gasteiger partial charge on any atom is -0.326 e. The first-order chi connectivity index (χ1) is 9.96. The smallest absolute Gasteiger partial charge is 0.241 e. The highest BCUT2D eigenvalue weighted by atomic mass is 32.2. The summed E-state index contributed by atoms with van der Waals surface area (Å²) in [6.45, 7) is 0.0652. The molecule has 0 unspecified atom stereocenters. The molecule has 0 bridgehead atoms. The van der Waals surface area contributed by atoms with E-state index in [1.54, 1.807) is 0 Å². The first kappa shape index (κ1) is 16.7. The number of halogens is 1. The molecule has 2 rings (SSSR count). The molecule has 0 spiro atoms. The third-order valence-electron chi connectivity index (χ3n) is 3.87. The maximum Gasteiger partial charge on any atom is 0.241 e. The molecule has 21 heavy (non-hydrogen) atoms. The third kappa shape index (κ3) is 4.18. The zero-order valence-corrected chi connectivity index (χ0v) is 13.6. The van der Waals surface area contributed by atoms with E-state index in [4.69, 9.17) is 5.73 Å². The van der Waals surface area contributed by atoms with Gasteiger partial charge in [0.1, 0.15) is 5.82 Å². The SMILES string of the molecule is CSC1CCC(NS(=O)(=O)c2cc(F)ccc2CN)CC1. The Morgan fingerprint density at radius 3 is 2.57 bits per heavy atom. The van der Waals surface area contributed by atoms with Crippen LogP contribution in [0.25, 0.3) is 0 Å². The fourth-order valence-electron chi connectivity index (χ4n) is 2.65. The van der Waals surface area contributed by atoms with Gasteiger partial charge in [-0.1, -0.05) is 6.07 Å². The normalized spacial score (nSPS) is 23.2. The summed E-state index contributed by atoms with van der Waals surface area (Å²) in [5.41, 5.74) is 5.98. The van der Waals surface area contributed by atoms with Crippen LogP contribution < -0.4 is 10.5 Å². The molecule has 0 aliphatic heterocycles. The summed E-state index contributed by atoms with van der Waals surface area (Å²) < 4.78 is 40.9. The molecule has 0 atom stereocenters. The van der Waals surface area contributed by atoms with Crippen molar-refractivity contribution in [2.75, 3.05) is 6.26 Å². The maximum absolute atomic E-state index is 13.4. The van der Waals surface area contributed by atoms with Crippen LogP contribution in [-0.4, -0.2) is 26.0 Å². The fraction of sp³-hybridized carbons (Fsp3) is 0.571. The monoisotopic (exact) mass is 332 g/mol. The molecule has 7 heteroatoms. The Morgan fingerprint density at radius 1 is 1.33 bits per heavy atom. The van der Waals surface area contributed by atoms with Crippen LogP contribution in [0.4, 0.5) is 4.39 Å². The Morgan fingerprint density at radius 2 is 2.00 bits per heavy atom. The molecule has 0 aromatic heterocycles. The topological polar surface area (TPSA) is 72.2 Å². The van der Waals surface area contributed by atoms with E-state index in [0.717, 1.165) is 31.7 Å². The highest BCUT2D eigenvalue weighted by Crippen LogP contribution is 2.28.